The molecule has 0 bridgehead atoms. The number of aromatic nitrogens is 1. The van der Waals surface area contributed by atoms with Gasteiger partial charge in [-0.2, -0.15) is 4.39 Å². The summed E-state index contributed by atoms with van der Waals surface area (Å²) < 4.78 is 12.6. The maximum Gasteiger partial charge on any atom is 0.319 e. The fourth-order valence-electron chi connectivity index (χ4n) is 2.02. The van der Waals surface area contributed by atoms with Crippen molar-refractivity contribution in [2.24, 2.45) is 0 Å². The molecule has 1 saturated carbocycles. The quantitative estimate of drug-likeness (QED) is 0.701. The van der Waals surface area contributed by atoms with Crippen LogP contribution >= 0.6 is 0 Å². The van der Waals surface area contributed by atoms with Crippen LogP contribution in [0, 0.1) is 5.95 Å². The van der Waals surface area contributed by atoms with Crippen molar-refractivity contribution in [1.29, 1.82) is 0 Å². The van der Waals surface area contributed by atoms with Gasteiger partial charge in [-0.3, -0.25) is 0 Å². The Kier molecular flexibility index (Phi) is 4.09. The molecule has 2 amide bonds. The Balaban J connectivity index is 1.80. The number of rotatable bonds is 2. The first kappa shape index (κ1) is 12.8. The molecule has 5 nitrogen and oxygen atoms in total. The van der Waals surface area contributed by atoms with Crippen LogP contribution < -0.4 is 10.6 Å². The number of halogens is 1. The van der Waals surface area contributed by atoms with Crippen molar-refractivity contribution in [3.05, 3.63) is 24.3 Å². The summed E-state index contributed by atoms with van der Waals surface area (Å²) in [5.41, 5.74) is 0.449. The van der Waals surface area contributed by atoms with E-state index in [9.17, 15) is 14.3 Å². The molecule has 0 spiro atoms. The highest BCUT2D eigenvalue weighted by Crippen LogP contribution is 2.18. The number of nitrogens with zero attached hydrogens (tertiary/aromatic N) is 1. The van der Waals surface area contributed by atoms with E-state index in [0.29, 0.717) is 18.5 Å². The van der Waals surface area contributed by atoms with Gasteiger partial charge in [0.05, 0.1) is 18.0 Å². The van der Waals surface area contributed by atoms with Crippen molar-refractivity contribution in [2.45, 2.75) is 37.8 Å². The van der Waals surface area contributed by atoms with Crippen molar-refractivity contribution in [3.63, 3.8) is 0 Å². The average molecular weight is 253 g/mol. The van der Waals surface area contributed by atoms with Crippen molar-refractivity contribution in [2.75, 3.05) is 5.32 Å². The van der Waals surface area contributed by atoms with Crippen molar-refractivity contribution >= 4 is 11.7 Å². The Hall–Kier alpha value is -1.69. The second-order valence-corrected chi connectivity index (χ2v) is 4.47. The topological polar surface area (TPSA) is 74.2 Å². The van der Waals surface area contributed by atoms with Crippen LogP contribution in [-0.2, 0) is 0 Å². The van der Waals surface area contributed by atoms with Gasteiger partial charge >= 0.3 is 6.03 Å². The first-order chi connectivity index (χ1) is 8.63. The van der Waals surface area contributed by atoms with Gasteiger partial charge in [0.15, 0.2) is 0 Å². The molecule has 0 radical (unpaired) electrons. The molecular weight excluding hydrogens is 237 g/mol. The molecule has 0 aromatic carbocycles. The van der Waals surface area contributed by atoms with Crippen LogP contribution in [0.15, 0.2) is 18.3 Å². The largest absolute Gasteiger partial charge is 0.393 e. The van der Waals surface area contributed by atoms with Crippen LogP contribution in [0.1, 0.15) is 25.7 Å². The Morgan fingerprint density at radius 1 is 1.33 bits per heavy atom. The summed E-state index contributed by atoms with van der Waals surface area (Å²) in [7, 11) is 0. The summed E-state index contributed by atoms with van der Waals surface area (Å²) in [4.78, 5) is 15.1. The third-order valence-electron chi connectivity index (χ3n) is 3.02. The maximum absolute atomic E-state index is 12.6. The monoisotopic (exact) mass is 253 g/mol. The molecule has 0 atom stereocenters. The Labute approximate surface area is 104 Å². The molecule has 1 heterocycles. The lowest BCUT2D eigenvalue weighted by atomic mass is 9.93. The van der Waals surface area contributed by atoms with Crippen LogP contribution in [0.2, 0.25) is 0 Å². The summed E-state index contributed by atoms with van der Waals surface area (Å²) in [5.74, 6) is -0.581. The van der Waals surface area contributed by atoms with E-state index < -0.39 is 5.95 Å². The molecule has 1 aromatic rings. The molecular formula is C12H16FN3O2. The Bertz CT molecular complexity index is 402. The van der Waals surface area contributed by atoms with Crippen LogP contribution in [0.5, 0.6) is 0 Å². The Morgan fingerprint density at radius 2 is 2.06 bits per heavy atom. The molecule has 98 valence electrons. The average Bonchev–Trinajstić information content (AvgIpc) is 2.35. The number of pyridine rings is 1. The van der Waals surface area contributed by atoms with E-state index in [1.165, 1.54) is 18.3 Å². The molecule has 1 aliphatic rings. The molecule has 6 heteroatoms. The van der Waals surface area contributed by atoms with E-state index in [2.05, 4.69) is 15.6 Å². The number of amides is 2. The van der Waals surface area contributed by atoms with Gasteiger partial charge in [-0.15, -0.1) is 0 Å². The summed E-state index contributed by atoms with van der Waals surface area (Å²) in [6.07, 6.45) is 3.99. The number of anilines is 1. The second-order valence-electron chi connectivity index (χ2n) is 4.47. The third kappa shape index (κ3) is 3.66. The van der Waals surface area contributed by atoms with E-state index in [-0.39, 0.29) is 18.2 Å². The number of nitrogens with one attached hydrogen (secondary N) is 2. The van der Waals surface area contributed by atoms with Crippen molar-refractivity contribution in [1.82, 2.24) is 10.3 Å². The zero-order valence-electron chi connectivity index (χ0n) is 9.90. The normalized spacial score (nSPS) is 23.4. The number of urea groups is 1. The fraction of sp³-hybridized carbons (Fsp3) is 0.500. The number of hydrogen-bond donors (Lipinski definition) is 3. The predicted octanol–water partition coefficient (Wildman–Crippen LogP) is 1.65. The third-order valence-corrected chi connectivity index (χ3v) is 3.02. The number of aliphatic hydroxyl groups is 1. The first-order valence-electron chi connectivity index (χ1n) is 6.00. The van der Waals surface area contributed by atoms with Gasteiger partial charge in [0.1, 0.15) is 0 Å². The summed E-state index contributed by atoms with van der Waals surface area (Å²) in [6.45, 7) is 0. The highest BCUT2D eigenvalue weighted by Gasteiger charge is 2.20. The summed E-state index contributed by atoms with van der Waals surface area (Å²) >= 11 is 0. The number of hydrogen-bond acceptors (Lipinski definition) is 3. The van der Waals surface area contributed by atoms with Crippen LogP contribution in [0.3, 0.4) is 0 Å². The second kappa shape index (κ2) is 5.77. The van der Waals surface area contributed by atoms with Gasteiger partial charge in [-0.25, -0.2) is 9.78 Å². The Morgan fingerprint density at radius 3 is 2.67 bits per heavy atom. The van der Waals surface area contributed by atoms with Gasteiger partial charge in [-0.1, -0.05) is 0 Å². The zero-order valence-corrected chi connectivity index (χ0v) is 9.90. The predicted molar refractivity (Wildman–Crippen MR) is 64.6 cm³/mol. The lowest BCUT2D eigenvalue weighted by Crippen LogP contribution is -2.40. The van der Waals surface area contributed by atoms with Crippen molar-refractivity contribution < 1.29 is 14.3 Å². The standard InChI is InChI=1S/C12H16FN3O2/c13-11-6-3-9(7-14-11)16-12(18)15-8-1-4-10(17)5-2-8/h3,6-8,10,17H,1-2,4-5H2,(H2,15,16,18). The molecule has 0 aliphatic heterocycles. The minimum atomic E-state index is -0.581. The lowest BCUT2D eigenvalue weighted by molar-refractivity contribution is 0.118. The van der Waals surface area contributed by atoms with E-state index >= 15 is 0 Å². The molecule has 1 fully saturated rings. The van der Waals surface area contributed by atoms with Gasteiger partial charge in [0.2, 0.25) is 5.95 Å². The highest BCUT2D eigenvalue weighted by atomic mass is 19.1. The number of carbonyl (C=O) groups excluding carboxylic acids is 1. The molecule has 3 N–H and O–H groups in total. The van der Waals surface area contributed by atoms with Crippen molar-refractivity contribution in [3.8, 4) is 0 Å². The van der Waals surface area contributed by atoms with Gasteiger partial charge in [0.25, 0.3) is 0 Å². The molecule has 1 aromatic heterocycles. The molecule has 18 heavy (non-hydrogen) atoms. The van der Waals surface area contributed by atoms with Crippen LogP contribution in [0.4, 0.5) is 14.9 Å². The lowest BCUT2D eigenvalue weighted by Gasteiger charge is -2.26. The molecule has 2 rings (SSSR count). The molecule has 0 unspecified atom stereocenters. The maximum atomic E-state index is 12.6. The van der Waals surface area contributed by atoms with E-state index in [1.54, 1.807) is 0 Å². The van der Waals surface area contributed by atoms with E-state index in [4.69, 9.17) is 0 Å². The minimum Gasteiger partial charge on any atom is -0.393 e. The van der Waals surface area contributed by atoms with Gasteiger partial charge < -0.3 is 15.7 Å². The van der Waals surface area contributed by atoms with Crippen LogP contribution in [0.25, 0.3) is 0 Å². The molecule has 0 saturated heterocycles. The number of carbonyl (C=O) groups is 1. The number of aliphatic hydroxyl groups excluding tert-OH is 1. The first-order valence-corrected chi connectivity index (χ1v) is 6.00. The SMILES string of the molecule is O=C(Nc1ccc(F)nc1)NC1CCC(O)CC1. The summed E-state index contributed by atoms with van der Waals surface area (Å²) in [6, 6.07) is 2.39. The van der Waals surface area contributed by atoms with E-state index in [0.717, 1.165) is 12.8 Å². The molecule has 1 aliphatic carbocycles. The van der Waals surface area contributed by atoms with Gasteiger partial charge in [-0.05, 0) is 37.8 Å². The summed E-state index contributed by atoms with van der Waals surface area (Å²) in [5, 5.41) is 14.8. The smallest absolute Gasteiger partial charge is 0.319 e. The van der Waals surface area contributed by atoms with Crippen LogP contribution in [-0.4, -0.2) is 28.3 Å². The van der Waals surface area contributed by atoms with E-state index in [1.807, 2.05) is 0 Å². The highest BCUT2D eigenvalue weighted by molar-refractivity contribution is 5.89. The fourth-order valence-corrected chi connectivity index (χ4v) is 2.02. The minimum absolute atomic E-state index is 0.0850. The zero-order chi connectivity index (χ0) is 13.0. The van der Waals surface area contributed by atoms with Gasteiger partial charge in [0, 0.05) is 6.04 Å².